The van der Waals surface area contributed by atoms with Crippen LogP contribution in [0.15, 0.2) is 41.4 Å². The lowest BCUT2D eigenvalue weighted by molar-refractivity contribution is 0.274. The van der Waals surface area contributed by atoms with E-state index in [0.29, 0.717) is 18.4 Å². The van der Waals surface area contributed by atoms with Crippen LogP contribution in [0.1, 0.15) is 46.5 Å². The van der Waals surface area contributed by atoms with Crippen LogP contribution in [-0.4, -0.2) is 18.0 Å². The number of rotatable bonds is 6. The number of nitrogens with zero attached hydrogens (tertiary/aromatic N) is 1. The van der Waals surface area contributed by atoms with Crippen molar-refractivity contribution < 1.29 is 4.74 Å². The number of allylic oxidation sites excluding steroid dienone is 4. The van der Waals surface area contributed by atoms with Crippen LogP contribution in [0.4, 0.5) is 0 Å². The minimum absolute atomic E-state index is 0.0828. The van der Waals surface area contributed by atoms with Gasteiger partial charge in [-0.05, 0) is 38.5 Å². The summed E-state index contributed by atoms with van der Waals surface area (Å²) in [5, 5.41) is 0. The fourth-order valence-corrected chi connectivity index (χ4v) is 2.98. The number of unbranched alkanes of at least 4 members (excludes halogenated alkanes) is 1. The zero-order chi connectivity index (χ0) is 14.6. The average molecular weight is 273 g/mol. The summed E-state index contributed by atoms with van der Waals surface area (Å²) in [7, 11) is 0. The van der Waals surface area contributed by atoms with Gasteiger partial charge >= 0.3 is 0 Å². The Morgan fingerprint density at radius 2 is 2.30 bits per heavy atom. The molecule has 0 aromatic carbocycles. The van der Waals surface area contributed by atoms with Gasteiger partial charge in [-0.3, -0.25) is 0 Å². The van der Waals surface area contributed by atoms with Crippen molar-refractivity contribution in [2.24, 2.45) is 16.8 Å². The molecule has 2 heteroatoms. The number of aliphatic imine (C=N–C) groups is 1. The molecule has 0 N–H and O–H groups in total. The second-order valence-corrected chi connectivity index (χ2v) is 6.46. The second kappa shape index (κ2) is 6.43. The molecule has 0 aromatic rings. The Morgan fingerprint density at radius 3 is 2.90 bits per heavy atom. The summed E-state index contributed by atoms with van der Waals surface area (Å²) in [6.07, 6.45) is 13.4. The van der Waals surface area contributed by atoms with Crippen molar-refractivity contribution in [2.45, 2.75) is 52.0 Å². The van der Waals surface area contributed by atoms with Crippen LogP contribution in [0.25, 0.3) is 0 Å². The Morgan fingerprint density at radius 1 is 1.50 bits per heavy atom. The van der Waals surface area contributed by atoms with Crippen LogP contribution in [0.2, 0.25) is 0 Å². The highest BCUT2D eigenvalue weighted by Gasteiger charge is 2.33. The molecule has 0 saturated heterocycles. The van der Waals surface area contributed by atoms with Crippen LogP contribution in [-0.2, 0) is 4.74 Å². The lowest BCUT2D eigenvalue weighted by Crippen LogP contribution is -2.23. The van der Waals surface area contributed by atoms with E-state index in [1.165, 1.54) is 24.8 Å². The molecule has 0 amide bonds. The molecule has 0 aromatic heterocycles. The SMILES string of the molecule is C=CC[C@@H]1C=CC=C(C2=NC(C)(C)CO2)[C@H]1CCCC. The molecule has 1 aliphatic heterocycles. The van der Waals surface area contributed by atoms with E-state index in [-0.39, 0.29) is 5.54 Å². The molecule has 1 heterocycles. The van der Waals surface area contributed by atoms with Gasteiger partial charge in [-0.15, -0.1) is 6.58 Å². The maximum atomic E-state index is 5.87. The molecule has 2 aliphatic rings. The lowest BCUT2D eigenvalue weighted by atomic mass is 9.77. The number of hydrogen-bond donors (Lipinski definition) is 0. The molecule has 1 aliphatic carbocycles. The summed E-state index contributed by atoms with van der Waals surface area (Å²) in [6, 6.07) is 0. The predicted octanol–water partition coefficient (Wildman–Crippen LogP) is 4.69. The largest absolute Gasteiger partial charge is 0.475 e. The molecule has 2 rings (SSSR count). The Hall–Kier alpha value is -1.31. The molecule has 0 spiro atoms. The van der Waals surface area contributed by atoms with E-state index >= 15 is 0 Å². The lowest BCUT2D eigenvalue weighted by Gasteiger charge is -2.28. The van der Waals surface area contributed by atoms with Gasteiger partial charge in [0.15, 0.2) is 0 Å². The van der Waals surface area contributed by atoms with Crippen molar-refractivity contribution in [1.29, 1.82) is 0 Å². The predicted molar refractivity (Wildman–Crippen MR) is 86.0 cm³/mol. The van der Waals surface area contributed by atoms with Gasteiger partial charge in [-0.25, -0.2) is 4.99 Å². The van der Waals surface area contributed by atoms with E-state index in [9.17, 15) is 0 Å². The Balaban J connectivity index is 2.22. The average Bonchev–Trinajstić information content (AvgIpc) is 2.77. The van der Waals surface area contributed by atoms with Crippen molar-refractivity contribution in [3.8, 4) is 0 Å². The number of ether oxygens (including phenoxy) is 1. The summed E-state index contributed by atoms with van der Waals surface area (Å²) < 4.78 is 5.87. The topological polar surface area (TPSA) is 21.6 Å². The fourth-order valence-electron chi connectivity index (χ4n) is 2.98. The minimum atomic E-state index is -0.0828. The maximum absolute atomic E-state index is 5.87. The van der Waals surface area contributed by atoms with E-state index in [1.807, 2.05) is 6.08 Å². The van der Waals surface area contributed by atoms with E-state index in [2.05, 4.69) is 45.6 Å². The van der Waals surface area contributed by atoms with Gasteiger partial charge in [0.2, 0.25) is 5.90 Å². The quantitative estimate of drug-likeness (QED) is 0.643. The summed E-state index contributed by atoms with van der Waals surface area (Å²) >= 11 is 0. The molecule has 0 fully saturated rings. The van der Waals surface area contributed by atoms with Gasteiger partial charge in [-0.1, -0.05) is 44.1 Å². The van der Waals surface area contributed by atoms with E-state index < -0.39 is 0 Å². The normalized spacial score (nSPS) is 27.8. The smallest absolute Gasteiger partial charge is 0.212 e. The van der Waals surface area contributed by atoms with Crippen LogP contribution in [0.5, 0.6) is 0 Å². The molecule has 0 radical (unpaired) electrons. The standard InChI is InChI=1S/C18H27NO/c1-5-7-11-15-14(9-6-2)10-8-12-16(15)17-19-18(3,4)13-20-17/h6,8,10,12,14-15H,2,5,7,9,11,13H2,1,3-4H3/t14-,15+/m1/s1. The first-order valence-electron chi connectivity index (χ1n) is 7.79. The highest BCUT2D eigenvalue weighted by Crippen LogP contribution is 2.36. The summed E-state index contributed by atoms with van der Waals surface area (Å²) in [5.74, 6) is 1.93. The van der Waals surface area contributed by atoms with Gasteiger partial charge in [-0.2, -0.15) is 0 Å². The molecular formula is C18H27NO. The molecule has 0 unspecified atom stereocenters. The molecule has 0 bridgehead atoms. The zero-order valence-electron chi connectivity index (χ0n) is 13.1. The van der Waals surface area contributed by atoms with Crippen molar-refractivity contribution in [3.63, 3.8) is 0 Å². The number of hydrogen-bond acceptors (Lipinski definition) is 2. The first kappa shape index (κ1) is 15.1. The van der Waals surface area contributed by atoms with E-state index in [1.54, 1.807) is 0 Å². The second-order valence-electron chi connectivity index (χ2n) is 6.46. The van der Waals surface area contributed by atoms with Crippen LogP contribution in [0, 0.1) is 11.8 Å². The Labute approximate surface area is 123 Å². The minimum Gasteiger partial charge on any atom is -0.475 e. The first-order chi connectivity index (χ1) is 9.57. The molecule has 20 heavy (non-hydrogen) atoms. The van der Waals surface area contributed by atoms with Gasteiger partial charge in [0.05, 0.1) is 5.54 Å². The maximum Gasteiger partial charge on any atom is 0.212 e. The van der Waals surface area contributed by atoms with Gasteiger partial charge < -0.3 is 4.74 Å². The van der Waals surface area contributed by atoms with Crippen LogP contribution in [0.3, 0.4) is 0 Å². The van der Waals surface area contributed by atoms with Gasteiger partial charge in [0.25, 0.3) is 0 Å². The molecule has 0 saturated carbocycles. The molecule has 2 nitrogen and oxygen atoms in total. The molecular weight excluding hydrogens is 246 g/mol. The highest BCUT2D eigenvalue weighted by atomic mass is 16.5. The Kier molecular flexibility index (Phi) is 4.85. The van der Waals surface area contributed by atoms with Crippen molar-refractivity contribution in [1.82, 2.24) is 0 Å². The van der Waals surface area contributed by atoms with Crippen LogP contribution >= 0.6 is 0 Å². The zero-order valence-corrected chi connectivity index (χ0v) is 13.1. The summed E-state index contributed by atoms with van der Waals surface area (Å²) in [4.78, 5) is 4.76. The van der Waals surface area contributed by atoms with Crippen molar-refractivity contribution in [3.05, 3.63) is 36.5 Å². The third-order valence-corrected chi connectivity index (χ3v) is 4.07. The summed E-state index contributed by atoms with van der Waals surface area (Å²) in [5.41, 5.74) is 1.21. The Bertz CT molecular complexity index is 442. The van der Waals surface area contributed by atoms with Gasteiger partial charge in [0.1, 0.15) is 6.61 Å². The molecule has 2 atom stereocenters. The highest BCUT2D eigenvalue weighted by molar-refractivity contribution is 5.96. The third kappa shape index (κ3) is 3.41. The summed E-state index contributed by atoms with van der Waals surface area (Å²) in [6.45, 7) is 11.1. The van der Waals surface area contributed by atoms with Crippen LogP contribution < -0.4 is 0 Å². The van der Waals surface area contributed by atoms with Gasteiger partial charge in [0, 0.05) is 5.57 Å². The molecule has 110 valence electrons. The fraction of sp³-hybridized carbons (Fsp3) is 0.611. The van der Waals surface area contributed by atoms with E-state index in [0.717, 1.165) is 12.3 Å². The third-order valence-electron chi connectivity index (χ3n) is 4.07. The van der Waals surface area contributed by atoms with Crippen molar-refractivity contribution >= 4 is 5.90 Å². The van der Waals surface area contributed by atoms with E-state index in [4.69, 9.17) is 9.73 Å². The monoisotopic (exact) mass is 273 g/mol. The first-order valence-corrected chi connectivity index (χ1v) is 7.79. The van der Waals surface area contributed by atoms with Crippen molar-refractivity contribution in [2.75, 3.05) is 6.61 Å².